The van der Waals surface area contributed by atoms with Crippen molar-refractivity contribution in [3.8, 4) is 0 Å². The van der Waals surface area contributed by atoms with Gasteiger partial charge >= 0.3 is 0 Å². The van der Waals surface area contributed by atoms with Crippen LogP contribution >= 0.6 is 0 Å². The monoisotopic (exact) mass is 220 g/mol. The predicted octanol–water partition coefficient (Wildman–Crippen LogP) is 3.67. The summed E-state index contributed by atoms with van der Waals surface area (Å²) in [6, 6.07) is 0. The van der Waals surface area contributed by atoms with E-state index in [0.717, 1.165) is 6.42 Å². The number of carbonyl (C=O) groups excluding carboxylic acids is 1. The molecule has 0 spiro atoms. The lowest BCUT2D eigenvalue weighted by atomic mass is 9.47. The summed E-state index contributed by atoms with van der Waals surface area (Å²) in [6.07, 6.45) is 4.96. The lowest BCUT2D eigenvalue weighted by molar-refractivity contribution is -0.157. The molecule has 0 aromatic heterocycles. The van der Waals surface area contributed by atoms with Crippen molar-refractivity contribution in [2.75, 3.05) is 0 Å². The minimum atomic E-state index is 0.0586. The number of carbonyl (C=O) groups is 1. The summed E-state index contributed by atoms with van der Waals surface area (Å²) in [5.41, 5.74) is 0.557. The first-order valence-corrected chi connectivity index (χ1v) is 6.93. The maximum absolute atomic E-state index is 12.6. The maximum Gasteiger partial charge on any atom is 0.142 e. The number of fused-ring (bicyclic) bond motifs is 1. The van der Waals surface area contributed by atoms with Crippen molar-refractivity contribution >= 4 is 5.78 Å². The molecule has 5 atom stereocenters. The summed E-state index contributed by atoms with van der Waals surface area (Å²) < 4.78 is 0. The third-order valence-electron chi connectivity index (χ3n) is 6.29. The molecular formula is C15H24O. The van der Waals surface area contributed by atoms with E-state index in [4.69, 9.17) is 0 Å². The molecule has 0 N–H and O–H groups in total. The van der Waals surface area contributed by atoms with E-state index in [1.807, 2.05) is 0 Å². The van der Waals surface area contributed by atoms with Crippen molar-refractivity contribution in [3.63, 3.8) is 0 Å². The first kappa shape index (κ1) is 10.8. The lowest BCUT2D eigenvalue weighted by Crippen LogP contribution is -2.56. The molecule has 4 fully saturated rings. The van der Waals surface area contributed by atoms with Crippen LogP contribution in [-0.4, -0.2) is 5.78 Å². The van der Waals surface area contributed by atoms with Crippen LogP contribution in [-0.2, 0) is 4.79 Å². The van der Waals surface area contributed by atoms with Gasteiger partial charge in [0.25, 0.3) is 0 Å². The van der Waals surface area contributed by atoms with E-state index in [2.05, 4.69) is 27.7 Å². The Bertz CT molecular complexity index is 345. The van der Waals surface area contributed by atoms with Crippen LogP contribution in [0.15, 0.2) is 0 Å². The van der Waals surface area contributed by atoms with Crippen molar-refractivity contribution in [2.24, 2.45) is 34.5 Å². The third-order valence-corrected chi connectivity index (χ3v) is 6.29. The van der Waals surface area contributed by atoms with Crippen LogP contribution in [0.3, 0.4) is 0 Å². The van der Waals surface area contributed by atoms with Gasteiger partial charge in [0.2, 0.25) is 0 Å². The molecule has 0 amide bonds. The van der Waals surface area contributed by atoms with Gasteiger partial charge in [-0.3, -0.25) is 4.79 Å². The minimum Gasteiger partial charge on any atom is -0.299 e. The van der Waals surface area contributed by atoms with Crippen LogP contribution in [0.25, 0.3) is 0 Å². The van der Waals surface area contributed by atoms with Gasteiger partial charge in [0, 0.05) is 11.3 Å². The summed E-state index contributed by atoms with van der Waals surface area (Å²) >= 11 is 0. The Hall–Kier alpha value is -0.330. The second kappa shape index (κ2) is 2.91. The fourth-order valence-corrected chi connectivity index (χ4v) is 5.28. The van der Waals surface area contributed by atoms with Crippen molar-refractivity contribution < 1.29 is 4.79 Å². The van der Waals surface area contributed by atoms with Gasteiger partial charge in [0.05, 0.1) is 0 Å². The Balaban J connectivity index is 2.03. The van der Waals surface area contributed by atoms with Gasteiger partial charge < -0.3 is 0 Å². The summed E-state index contributed by atoms with van der Waals surface area (Å²) in [6.45, 7) is 9.29. The number of hydrogen-bond donors (Lipinski definition) is 0. The Morgan fingerprint density at radius 3 is 2.56 bits per heavy atom. The van der Waals surface area contributed by atoms with E-state index in [0.29, 0.717) is 34.9 Å². The number of ketones is 1. The first-order valence-electron chi connectivity index (χ1n) is 6.93. The average molecular weight is 220 g/mol. The zero-order valence-corrected chi connectivity index (χ0v) is 11.0. The fourth-order valence-electron chi connectivity index (χ4n) is 5.28. The van der Waals surface area contributed by atoms with E-state index >= 15 is 0 Å². The van der Waals surface area contributed by atoms with E-state index in [-0.39, 0.29) is 5.41 Å². The van der Waals surface area contributed by atoms with E-state index in [9.17, 15) is 4.79 Å². The van der Waals surface area contributed by atoms with Crippen molar-refractivity contribution in [1.29, 1.82) is 0 Å². The van der Waals surface area contributed by atoms with Crippen LogP contribution in [0.1, 0.15) is 53.4 Å². The van der Waals surface area contributed by atoms with Crippen LogP contribution in [0, 0.1) is 34.5 Å². The molecule has 4 aliphatic carbocycles. The molecule has 0 saturated heterocycles. The zero-order chi connectivity index (χ0) is 11.7. The SMILES string of the molecule is CC(C)[C@@H]1C[C@H]2[C@]3(C)CC[C@@]2(C)C(=O)[C@H]1C3. The van der Waals surface area contributed by atoms with E-state index in [1.54, 1.807) is 0 Å². The molecule has 0 heterocycles. The Labute approximate surface area is 99.0 Å². The van der Waals surface area contributed by atoms with Gasteiger partial charge in [-0.05, 0) is 48.9 Å². The van der Waals surface area contributed by atoms with Gasteiger partial charge in [-0.25, -0.2) is 0 Å². The fraction of sp³-hybridized carbons (Fsp3) is 0.933. The van der Waals surface area contributed by atoms with Crippen LogP contribution in [0.2, 0.25) is 0 Å². The van der Waals surface area contributed by atoms with Crippen molar-refractivity contribution in [3.05, 3.63) is 0 Å². The maximum atomic E-state index is 12.6. The molecule has 0 unspecified atom stereocenters. The highest BCUT2D eigenvalue weighted by atomic mass is 16.1. The Morgan fingerprint density at radius 2 is 1.94 bits per heavy atom. The summed E-state index contributed by atoms with van der Waals surface area (Å²) in [4.78, 5) is 12.6. The van der Waals surface area contributed by atoms with E-state index in [1.165, 1.54) is 19.3 Å². The highest BCUT2D eigenvalue weighted by Crippen LogP contribution is 2.69. The smallest absolute Gasteiger partial charge is 0.142 e. The third kappa shape index (κ3) is 1.05. The summed E-state index contributed by atoms with van der Waals surface area (Å²) in [7, 11) is 0. The van der Waals surface area contributed by atoms with Crippen LogP contribution in [0.4, 0.5) is 0 Å². The molecule has 1 heteroatoms. The quantitative estimate of drug-likeness (QED) is 0.659. The predicted molar refractivity (Wildman–Crippen MR) is 65.0 cm³/mol. The minimum absolute atomic E-state index is 0.0586. The van der Waals surface area contributed by atoms with Gasteiger partial charge in [-0.1, -0.05) is 27.7 Å². The Kier molecular flexibility index (Phi) is 1.97. The molecule has 90 valence electrons. The average Bonchev–Trinajstić information content (AvgIpc) is 2.44. The standard InChI is InChI=1S/C15H24O/c1-9(2)10-7-12-14(3)5-6-15(12,4)13(16)11(10)8-14/h9-12H,5-8H2,1-4H3/t10-,11-,12-,14+,15+/m0/s1. The first-order chi connectivity index (χ1) is 7.38. The molecule has 0 aliphatic heterocycles. The summed E-state index contributed by atoms with van der Waals surface area (Å²) in [5.74, 6) is 3.06. The molecule has 0 radical (unpaired) electrons. The van der Waals surface area contributed by atoms with Crippen molar-refractivity contribution in [2.45, 2.75) is 53.4 Å². The molecule has 4 saturated carbocycles. The highest BCUT2D eigenvalue weighted by molar-refractivity contribution is 5.90. The number of hydrogen-bond acceptors (Lipinski definition) is 1. The topological polar surface area (TPSA) is 17.1 Å². The molecule has 4 aliphatic rings. The second-order valence-electron chi connectivity index (χ2n) is 7.44. The Morgan fingerprint density at radius 1 is 1.25 bits per heavy atom. The second-order valence-corrected chi connectivity index (χ2v) is 7.44. The van der Waals surface area contributed by atoms with Gasteiger partial charge in [0.15, 0.2) is 0 Å². The van der Waals surface area contributed by atoms with E-state index < -0.39 is 0 Å². The lowest BCUT2D eigenvalue weighted by Gasteiger charge is -2.56. The van der Waals surface area contributed by atoms with Crippen molar-refractivity contribution in [1.82, 2.24) is 0 Å². The zero-order valence-electron chi connectivity index (χ0n) is 11.0. The molecule has 4 rings (SSSR count). The number of Topliss-reactive ketones (excluding diaryl/α,β-unsaturated/α-hetero) is 1. The number of rotatable bonds is 1. The molecular weight excluding hydrogens is 196 g/mol. The molecule has 0 aromatic rings. The molecule has 16 heavy (non-hydrogen) atoms. The van der Waals surface area contributed by atoms with Crippen LogP contribution in [0.5, 0.6) is 0 Å². The van der Waals surface area contributed by atoms with Gasteiger partial charge in [-0.2, -0.15) is 0 Å². The molecule has 4 bridgehead atoms. The largest absolute Gasteiger partial charge is 0.299 e. The molecule has 0 aromatic carbocycles. The summed E-state index contributed by atoms with van der Waals surface area (Å²) in [5, 5.41) is 0. The van der Waals surface area contributed by atoms with Gasteiger partial charge in [-0.15, -0.1) is 0 Å². The molecule has 1 nitrogen and oxygen atoms in total. The van der Waals surface area contributed by atoms with Crippen LogP contribution < -0.4 is 0 Å². The normalized spacial score (nSPS) is 55.1. The highest BCUT2D eigenvalue weighted by Gasteiger charge is 2.66. The van der Waals surface area contributed by atoms with Gasteiger partial charge in [0.1, 0.15) is 5.78 Å².